The van der Waals surface area contributed by atoms with Gasteiger partial charge in [0, 0.05) is 24.5 Å². The fourth-order valence-electron chi connectivity index (χ4n) is 3.65. The van der Waals surface area contributed by atoms with Gasteiger partial charge in [-0.15, -0.1) is 12.4 Å². The Balaban J connectivity index is 0.00000220. The second-order valence-corrected chi connectivity index (χ2v) is 6.79. The summed E-state index contributed by atoms with van der Waals surface area (Å²) in [7, 11) is 4.31. The van der Waals surface area contributed by atoms with Gasteiger partial charge in [-0.3, -0.25) is 4.79 Å². The van der Waals surface area contributed by atoms with Gasteiger partial charge in [-0.2, -0.15) is 0 Å². The van der Waals surface area contributed by atoms with E-state index < -0.39 is 0 Å². The summed E-state index contributed by atoms with van der Waals surface area (Å²) in [4.78, 5) is 14.4. The highest BCUT2D eigenvalue weighted by Crippen LogP contribution is 2.31. The molecule has 5 heteroatoms. The first-order valence-corrected chi connectivity index (χ1v) is 8.30. The minimum absolute atomic E-state index is 0. The molecule has 4 nitrogen and oxygen atoms in total. The van der Waals surface area contributed by atoms with Gasteiger partial charge < -0.3 is 15.5 Å². The van der Waals surface area contributed by atoms with Crippen LogP contribution in [0.5, 0.6) is 0 Å². The molecule has 2 rings (SSSR count). The molecular weight excluding hydrogens is 286 g/mol. The molecule has 0 aromatic heterocycles. The normalized spacial score (nSPS) is 24.6. The predicted molar refractivity (Wildman–Crippen MR) is 90.0 cm³/mol. The lowest BCUT2D eigenvalue weighted by molar-refractivity contribution is -0.122. The third kappa shape index (κ3) is 5.42. The maximum absolute atomic E-state index is 12.0. The lowest BCUT2D eigenvalue weighted by atomic mass is 9.80. The molecule has 1 aliphatic heterocycles. The highest BCUT2D eigenvalue weighted by Gasteiger charge is 2.34. The number of hydrogen-bond donors (Lipinski definition) is 2. The van der Waals surface area contributed by atoms with Gasteiger partial charge in [0.15, 0.2) is 0 Å². The second kappa shape index (κ2) is 8.96. The average molecular weight is 318 g/mol. The van der Waals surface area contributed by atoms with Crippen molar-refractivity contribution in [2.24, 2.45) is 0 Å². The van der Waals surface area contributed by atoms with Crippen LogP contribution in [-0.4, -0.2) is 49.6 Å². The van der Waals surface area contributed by atoms with Gasteiger partial charge in [0.1, 0.15) is 0 Å². The zero-order valence-electron chi connectivity index (χ0n) is 13.6. The van der Waals surface area contributed by atoms with E-state index in [1.807, 2.05) is 0 Å². The molecule has 1 saturated carbocycles. The molecule has 1 unspecified atom stereocenters. The van der Waals surface area contributed by atoms with Crippen molar-refractivity contribution in [3.05, 3.63) is 0 Å². The number of amides is 1. The SMILES string of the molecule is CN(C)C1(CNC(=O)CCC2CCCN2)CCCCC1.Cl. The van der Waals surface area contributed by atoms with E-state index in [0.717, 1.165) is 19.5 Å². The van der Waals surface area contributed by atoms with Crippen molar-refractivity contribution in [3.8, 4) is 0 Å². The van der Waals surface area contributed by atoms with Crippen LogP contribution >= 0.6 is 12.4 Å². The maximum atomic E-state index is 12.0. The van der Waals surface area contributed by atoms with E-state index in [2.05, 4.69) is 29.6 Å². The highest BCUT2D eigenvalue weighted by molar-refractivity contribution is 5.85. The van der Waals surface area contributed by atoms with Crippen LogP contribution in [-0.2, 0) is 4.79 Å². The van der Waals surface area contributed by atoms with Crippen molar-refractivity contribution in [1.82, 2.24) is 15.5 Å². The number of nitrogens with one attached hydrogen (secondary N) is 2. The standard InChI is InChI=1S/C16H31N3O.ClH/c1-19(2)16(10-4-3-5-11-16)13-18-15(20)9-8-14-7-6-12-17-14;/h14,17H,3-13H2,1-2H3,(H,18,20);1H. The highest BCUT2D eigenvalue weighted by atomic mass is 35.5. The predicted octanol–water partition coefficient (Wildman–Crippen LogP) is 2.32. The van der Waals surface area contributed by atoms with Crippen LogP contribution < -0.4 is 10.6 Å². The Bertz CT molecular complexity index is 311. The van der Waals surface area contributed by atoms with Gasteiger partial charge in [-0.1, -0.05) is 19.3 Å². The van der Waals surface area contributed by atoms with Crippen LogP contribution in [0, 0.1) is 0 Å². The third-order valence-corrected chi connectivity index (χ3v) is 5.23. The second-order valence-electron chi connectivity index (χ2n) is 6.79. The van der Waals surface area contributed by atoms with E-state index >= 15 is 0 Å². The van der Waals surface area contributed by atoms with Gasteiger partial charge in [-0.05, 0) is 52.7 Å². The molecule has 2 fully saturated rings. The van der Waals surface area contributed by atoms with Crippen molar-refractivity contribution in [2.75, 3.05) is 27.2 Å². The van der Waals surface area contributed by atoms with Gasteiger partial charge in [0.25, 0.3) is 0 Å². The summed E-state index contributed by atoms with van der Waals surface area (Å²) in [6, 6.07) is 0.568. The molecule has 1 heterocycles. The Hall–Kier alpha value is -0.320. The van der Waals surface area contributed by atoms with Crippen LogP contribution in [0.4, 0.5) is 0 Å². The van der Waals surface area contributed by atoms with Crippen LogP contribution in [0.3, 0.4) is 0 Å². The zero-order chi connectivity index (χ0) is 14.4. The quantitative estimate of drug-likeness (QED) is 0.790. The van der Waals surface area contributed by atoms with Gasteiger partial charge >= 0.3 is 0 Å². The summed E-state index contributed by atoms with van der Waals surface area (Å²) in [6.45, 7) is 1.94. The third-order valence-electron chi connectivity index (χ3n) is 5.23. The number of hydrogen-bond acceptors (Lipinski definition) is 3. The topological polar surface area (TPSA) is 44.4 Å². The fourth-order valence-corrected chi connectivity index (χ4v) is 3.65. The molecule has 1 aliphatic carbocycles. The Morgan fingerprint density at radius 1 is 1.24 bits per heavy atom. The first-order chi connectivity index (χ1) is 9.62. The van der Waals surface area contributed by atoms with E-state index in [9.17, 15) is 4.79 Å². The molecule has 124 valence electrons. The van der Waals surface area contributed by atoms with Crippen molar-refractivity contribution in [1.29, 1.82) is 0 Å². The summed E-state index contributed by atoms with van der Waals surface area (Å²) in [5, 5.41) is 6.65. The Labute approximate surface area is 135 Å². The summed E-state index contributed by atoms with van der Waals surface area (Å²) in [5.74, 6) is 0.227. The fraction of sp³-hybridized carbons (Fsp3) is 0.938. The molecule has 0 spiro atoms. The van der Waals surface area contributed by atoms with Crippen molar-refractivity contribution < 1.29 is 4.79 Å². The smallest absolute Gasteiger partial charge is 0.220 e. The monoisotopic (exact) mass is 317 g/mol. The molecular formula is C16H32ClN3O. The van der Waals surface area contributed by atoms with Gasteiger partial charge in [0.2, 0.25) is 5.91 Å². The molecule has 2 N–H and O–H groups in total. The number of rotatable bonds is 6. The summed E-state index contributed by atoms with van der Waals surface area (Å²) < 4.78 is 0. The number of likely N-dealkylation sites (N-methyl/N-ethyl adjacent to an activating group) is 1. The van der Waals surface area contributed by atoms with E-state index in [-0.39, 0.29) is 23.9 Å². The number of carbonyl (C=O) groups excluding carboxylic acids is 1. The summed E-state index contributed by atoms with van der Waals surface area (Å²) in [6.07, 6.45) is 10.5. The molecule has 1 atom stereocenters. The molecule has 0 aromatic rings. The number of halogens is 1. The van der Waals surface area contributed by atoms with Crippen molar-refractivity contribution in [3.63, 3.8) is 0 Å². The minimum atomic E-state index is 0. The maximum Gasteiger partial charge on any atom is 0.220 e. The largest absolute Gasteiger partial charge is 0.354 e. The molecule has 21 heavy (non-hydrogen) atoms. The molecule has 0 aromatic carbocycles. The summed E-state index contributed by atoms with van der Waals surface area (Å²) in [5.41, 5.74) is 0.194. The lowest BCUT2D eigenvalue weighted by Crippen LogP contribution is -2.53. The van der Waals surface area contributed by atoms with Crippen LogP contribution in [0.1, 0.15) is 57.8 Å². The molecule has 1 amide bonds. The average Bonchev–Trinajstić information content (AvgIpc) is 2.97. The number of nitrogens with zero attached hydrogens (tertiary/aromatic N) is 1. The Kier molecular flexibility index (Phi) is 7.99. The molecule has 0 bridgehead atoms. The van der Waals surface area contributed by atoms with Crippen molar-refractivity contribution in [2.45, 2.75) is 69.4 Å². The van der Waals surface area contributed by atoms with Crippen molar-refractivity contribution >= 4 is 18.3 Å². The van der Waals surface area contributed by atoms with Gasteiger partial charge in [-0.25, -0.2) is 0 Å². The van der Waals surface area contributed by atoms with Gasteiger partial charge in [0.05, 0.1) is 0 Å². The van der Waals surface area contributed by atoms with E-state index in [1.54, 1.807) is 0 Å². The van der Waals surface area contributed by atoms with Crippen LogP contribution in [0.25, 0.3) is 0 Å². The minimum Gasteiger partial charge on any atom is -0.354 e. The van der Waals surface area contributed by atoms with E-state index in [4.69, 9.17) is 0 Å². The summed E-state index contributed by atoms with van der Waals surface area (Å²) >= 11 is 0. The van der Waals surface area contributed by atoms with E-state index in [0.29, 0.717) is 12.5 Å². The first kappa shape index (κ1) is 18.7. The molecule has 2 aliphatic rings. The van der Waals surface area contributed by atoms with Crippen LogP contribution in [0.15, 0.2) is 0 Å². The lowest BCUT2D eigenvalue weighted by Gasteiger charge is -2.43. The molecule has 0 radical (unpaired) electrons. The van der Waals surface area contributed by atoms with Crippen LogP contribution in [0.2, 0.25) is 0 Å². The number of carbonyl (C=O) groups is 1. The first-order valence-electron chi connectivity index (χ1n) is 8.30. The molecule has 1 saturated heterocycles. The Morgan fingerprint density at radius 2 is 1.95 bits per heavy atom. The van der Waals surface area contributed by atoms with E-state index in [1.165, 1.54) is 44.9 Å². The zero-order valence-corrected chi connectivity index (χ0v) is 14.4. The Morgan fingerprint density at radius 3 is 2.52 bits per heavy atom.